The Kier molecular flexibility index (Phi) is 7.25. The SMILES string of the molecule is COc1cc(/C=N\Nc2ccc(C(F)(F)F)cn2)cc(Cl)c1OCc1ccc(Cl)cc1. The van der Waals surface area contributed by atoms with E-state index < -0.39 is 11.7 Å². The third-order valence-corrected chi connectivity index (χ3v) is 4.56. The largest absolute Gasteiger partial charge is 0.493 e. The summed E-state index contributed by atoms with van der Waals surface area (Å²) in [5, 5.41) is 4.90. The molecule has 0 unspecified atom stereocenters. The molecule has 2 aromatic carbocycles. The van der Waals surface area contributed by atoms with Crippen LogP contribution in [0.15, 0.2) is 59.8 Å². The van der Waals surface area contributed by atoms with E-state index in [0.29, 0.717) is 27.1 Å². The van der Waals surface area contributed by atoms with Gasteiger partial charge in [-0.05, 0) is 47.5 Å². The second-order valence-electron chi connectivity index (χ2n) is 6.25. The number of anilines is 1. The number of hydrogen-bond acceptors (Lipinski definition) is 5. The molecule has 0 aliphatic rings. The Hall–Kier alpha value is -2.97. The zero-order chi connectivity index (χ0) is 22.4. The number of ether oxygens (including phenoxy) is 2. The van der Waals surface area contributed by atoms with E-state index in [2.05, 4.69) is 15.5 Å². The molecule has 1 N–H and O–H groups in total. The number of methoxy groups -OCH3 is 1. The topological polar surface area (TPSA) is 55.7 Å². The Morgan fingerprint density at radius 3 is 2.45 bits per heavy atom. The minimum absolute atomic E-state index is 0.158. The lowest BCUT2D eigenvalue weighted by Gasteiger charge is -2.13. The average Bonchev–Trinajstić information content (AvgIpc) is 2.73. The van der Waals surface area contributed by atoms with Gasteiger partial charge < -0.3 is 9.47 Å². The molecule has 0 aliphatic carbocycles. The molecule has 0 saturated carbocycles. The van der Waals surface area contributed by atoms with Gasteiger partial charge in [-0.25, -0.2) is 4.98 Å². The van der Waals surface area contributed by atoms with Gasteiger partial charge in [-0.2, -0.15) is 18.3 Å². The summed E-state index contributed by atoms with van der Waals surface area (Å²) in [6.07, 6.45) is -2.29. The molecule has 162 valence electrons. The van der Waals surface area contributed by atoms with Crippen molar-refractivity contribution in [3.63, 3.8) is 0 Å². The zero-order valence-corrected chi connectivity index (χ0v) is 17.6. The Bertz CT molecular complexity index is 1060. The van der Waals surface area contributed by atoms with E-state index in [0.717, 1.165) is 17.8 Å². The maximum Gasteiger partial charge on any atom is 0.417 e. The van der Waals surface area contributed by atoms with Gasteiger partial charge in [0.05, 0.1) is 23.9 Å². The van der Waals surface area contributed by atoms with E-state index in [-0.39, 0.29) is 12.4 Å². The number of rotatable bonds is 7. The summed E-state index contributed by atoms with van der Waals surface area (Å²) in [6.45, 7) is 0.266. The zero-order valence-electron chi connectivity index (χ0n) is 16.1. The van der Waals surface area contributed by atoms with Crippen molar-refractivity contribution in [3.8, 4) is 11.5 Å². The van der Waals surface area contributed by atoms with Crippen LogP contribution in [-0.2, 0) is 12.8 Å². The van der Waals surface area contributed by atoms with Gasteiger partial charge in [0.1, 0.15) is 12.4 Å². The number of aromatic nitrogens is 1. The molecule has 0 atom stereocenters. The first-order valence-electron chi connectivity index (χ1n) is 8.83. The first-order valence-corrected chi connectivity index (χ1v) is 9.59. The number of pyridine rings is 1. The van der Waals surface area contributed by atoms with Gasteiger partial charge in [0, 0.05) is 11.2 Å². The predicted molar refractivity (Wildman–Crippen MR) is 114 cm³/mol. The fraction of sp³-hybridized carbons (Fsp3) is 0.143. The van der Waals surface area contributed by atoms with Gasteiger partial charge in [0.2, 0.25) is 0 Å². The van der Waals surface area contributed by atoms with Gasteiger partial charge in [-0.3, -0.25) is 5.43 Å². The summed E-state index contributed by atoms with van der Waals surface area (Å²) in [4.78, 5) is 3.68. The number of nitrogens with zero attached hydrogens (tertiary/aromatic N) is 2. The van der Waals surface area contributed by atoms with Crippen LogP contribution in [0.25, 0.3) is 0 Å². The average molecular weight is 470 g/mol. The van der Waals surface area contributed by atoms with Crippen LogP contribution in [0.1, 0.15) is 16.7 Å². The summed E-state index contributed by atoms with van der Waals surface area (Å²) >= 11 is 12.2. The molecule has 0 aliphatic heterocycles. The van der Waals surface area contributed by atoms with E-state index >= 15 is 0 Å². The molecule has 1 aromatic heterocycles. The molecule has 0 saturated heterocycles. The molecule has 3 rings (SSSR count). The predicted octanol–water partition coefficient (Wildman–Crippen LogP) is 6.44. The molecule has 0 spiro atoms. The summed E-state index contributed by atoms with van der Waals surface area (Å²) in [5.74, 6) is 0.925. The van der Waals surface area contributed by atoms with Crippen LogP contribution >= 0.6 is 23.2 Å². The van der Waals surface area contributed by atoms with Gasteiger partial charge in [-0.1, -0.05) is 35.3 Å². The van der Waals surface area contributed by atoms with Gasteiger partial charge in [0.25, 0.3) is 0 Å². The number of hydrogen-bond donors (Lipinski definition) is 1. The third kappa shape index (κ3) is 6.26. The Morgan fingerprint density at radius 1 is 1.10 bits per heavy atom. The van der Waals surface area contributed by atoms with Crippen molar-refractivity contribution in [1.29, 1.82) is 0 Å². The highest BCUT2D eigenvalue weighted by Gasteiger charge is 2.30. The van der Waals surface area contributed by atoms with Gasteiger partial charge in [0.15, 0.2) is 11.5 Å². The minimum Gasteiger partial charge on any atom is -0.493 e. The lowest BCUT2D eigenvalue weighted by atomic mass is 10.2. The van der Waals surface area contributed by atoms with Crippen molar-refractivity contribution in [1.82, 2.24) is 4.98 Å². The van der Waals surface area contributed by atoms with Gasteiger partial charge in [-0.15, -0.1) is 0 Å². The lowest BCUT2D eigenvalue weighted by molar-refractivity contribution is -0.137. The van der Waals surface area contributed by atoms with Crippen molar-refractivity contribution in [3.05, 3.63) is 81.5 Å². The summed E-state index contributed by atoms with van der Waals surface area (Å²) in [6, 6.07) is 12.6. The number of benzene rings is 2. The first kappa shape index (κ1) is 22.7. The molecule has 31 heavy (non-hydrogen) atoms. The van der Waals surface area contributed by atoms with E-state index in [9.17, 15) is 13.2 Å². The van der Waals surface area contributed by atoms with Crippen molar-refractivity contribution >= 4 is 35.2 Å². The van der Waals surface area contributed by atoms with Crippen LogP contribution in [-0.4, -0.2) is 18.3 Å². The van der Waals surface area contributed by atoms with Crippen molar-refractivity contribution in [2.75, 3.05) is 12.5 Å². The fourth-order valence-corrected chi connectivity index (χ4v) is 2.89. The normalized spacial score (nSPS) is 11.5. The summed E-state index contributed by atoms with van der Waals surface area (Å²) < 4.78 is 48.9. The molecule has 10 heteroatoms. The molecule has 0 radical (unpaired) electrons. The molecule has 0 fully saturated rings. The number of alkyl halides is 3. The quantitative estimate of drug-likeness (QED) is 0.319. The van der Waals surface area contributed by atoms with Crippen LogP contribution < -0.4 is 14.9 Å². The Morgan fingerprint density at radius 2 is 1.84 bits per heavy atom. The Balaban J connectivity index is 1.68. The molecule has 1 heterocycles. The number of hydrazone groups is 1. The monoisotopic (exact) mass is 469 g/mol. The molecular weight excluding hydrogens is 454 g/mol. The van der Waals surface area contributed by atoms with Crippen molar-refractivity contribution in [2.45, 2.75) is 12.8 Å². The summed E-state index contributed by atoms with van der Waals surface area (Å²) in [5.41, 5.74) is 3.21. The fourth-order valence-electron chi connectivity index (χ4n) is 2.49. The van der Waals surface area contributed by atoms with Gasteiger partial charge >= 0.3 is 6.18 Å². The Labute approximate surface area is 186 Å². The van der Waals surface area contributed by atoms with E-state index in [4.69, 9.17) is 32.7 Å². The standard InChI is InChI=1S/C21H16Cl2F3N3O2/c1-30-18-9-14(10-28-29-19-7-4-15(11-27-19)21(24,25)26)8-17(23)20(18)31-12-13-2-5-16(22)6-3-13/h2-11H,12H2,1H3,(H,27,29)/b28-10-. The molecular formula is C21H16Cl2F3N3O2. The number of nitrogens with one attached hydrogen (secondary N) is 1. The van der Waals surface area contributed by atoms with E-state index in [1.165, 1.54) is 19.4 Å². The molecule has 0 bridgehead atoms. The summed E-state index contributed by atoms with van der Waals surface area (Å²) in [7, 11) is 1.48. The van der Waals surface area contributed by atoms with Crippen LogP contribution in [0, 0.1) is 0 Å². The van der Waals surface area contributed by atoms with Crippen molar-refractivity contribution < 1.29 is 22.6 Å². The van der Waals surface area contributed by atoms with Crippen LogP contribution in [0.2, 0.25) is 10.0 Å². The molecule has 3 aromatic rings. The maximum absolute atomic E-state index is 12.6. The second-order valence-corrected chi connectivity index (χ2v) is 7.09. The van der Waals surface area contributed by atoms with Crippen LogP contribution in [0.4, 0.5) is 19.0 Å². The maximum atomic E-state index is 12.6. The number of halogens is 5. The highest BCUT2D eigenvalue weighted by atomic mass is 35.5. The van der Waals surface area contributed by atoms with Crippen LogP contribution in [0.5, 0.6) is 11.5 Å². The van der Waals surface area contributed by atoms with Crippen molar-refractivity contribution in [2.24, 2.45) is 5.10 Å². The highest BCUT2D eigenvalue weighted by molar-refractivity contribution is 6.32. The highest BCUT2D eigenvalue weighted by Crippen LogP contribution is 2.36. The van der Waals surface area contributed by atoms with E-state index in [1.807, 2.05) is 12.1 Å². The molecule has 5 nitrogen and oxygen atoms in total. The van der Waals surface area contributed by atoms with Crippen LogP contribution in [0.3, 0.4) is 0 Å². The lowest BCUT2D eigenvalue weighted by Crippen LogP contribution is -2.05. The smallest absolute Gasteiger partial charge is 0.417 e. The first-order chi connectivity index (χ1) is 14.8. The second kappa shape index (κ2) is 9.89. The third-order valence-electron chi connectivity index (χ3n) is 4.03. The molecule has 0 amide bonds. The minimum atomic E-state index is -4.44. The van der Waals surface area contributed by atoms with E-state index in [1.54, 1.807) is 24.3 Å².